The molecule has 6 heteroatoms. The van der Waals surface area contributed by atoms with Gasteiger partial charge in [0.15, 0.2) is 0 Å². The number of hydrogen-bond acceptors (Lipinski definition) is 5. The Hall–Kier alpha value is -1.14. The first-order valence-electron chi connectivity index (χ1n) is 5.36. The second-order valence-electron chi connectivity index (χ2n) is 4.07. The van der Waals surface area contributed by atoms with Gasteiger partial charge in [-0.3, -0.25) is 9.88 Å². The Morgan fingerprint density at radius 3 is 3.31 bits per heavy atom. The lowest BCUT2D eigenvalue weighted by Crippen LogP contribution is -2.40. The van der Waals surface area contributed by atoms with Crippen LogP contribution < -0.4 is 5.73 Å². The fourth-order valence-electron chi connectivity index (χ4n) is 2.06. The lowest BCUT2D eigenvalue weighted by Gasteiger charge is -2.31. The van der Waals surface area contributed by atoms with Gasteiger partial charge in [-0.2, -0.15) is 0 Å². The third-order valence-electron chi connectivity index (χ3n) is 2.90. The molecule has 1 aromatic rings. The van der Waals surface area contributed by atoms with Crippen molar-refractivity contribution in [1.82, 2.24) is 9.88 Å². The fraction of sp³-hybridized carbons (Fsp3) is 0.600. The minimum absolute atomic E-state index is 0.187. The fourth-order valence-corrected chi connectivity index (χ4v) is 2.70. The topological polar surface area (TPSA) is 74.7 Å². The zero-order chi connectivity index (χ0) is 11.4. The highest BCUT2D eigenvalue weighted by atomic mass is 32.1. The molecular formula is C10H16N4OS. The molecule has 3 N–H and O–H groups in total. The van der Waals surface area contributed by atoms with E-state index in [9.17, 15) is 0 Å². The minimum atomic E-state index is 0.187. The van der Waals surface area contributed by atoms with Crippen LogP contribution in [0.2, 0.25) is 0 Å². The van der Waals surface area contributed by atoms with E-state index in [0.717, 1.165) is 32.5 Å². The molecule has 2 rings (SSSR count). The molecule has 1 unspecified atom stereocenters. The Morgan fingerprint density at radius 2 is 2.62 bits per heavy atom. The maximum Gasteiger partial charge on any atom is 0.143 e. The number of nitrogens with two attached hydrogens (primary N) is 1. The number of rotatable bonds is 3. The van der Waals surface area contributed by atoms with Gasteiger partial charge in [0.1, 0.15) is 5.84 Å². The molecule has 0 amide bonds. The Bertz CT molecular complexity index is 352. The summed E-state index contributed by atoms with van der Waals surface area (Å²) in [7, 11) is 0. The number of hydrogen-bond donors (Lipinski definition) is 2. The molecular weight excluding hydrogens is 224 g/mol. The molecule has 1 aliphatic heterocycles. The van der Waals surface area contributed by atoms with E-state index in [0.29, 0.717) is 5.84 Å². The largest absolute Gasteiger partial charge is 0.409 e. The van der Waals surface area contributed by atoms with Gasteiger partial charge in [-0.15, -0.1) is 11.3 Å². The lowest BCUT2D eigenvalue weighted by atomic mass is 9.97. The number of thiazole rings is 1. The van der Waals surface area contributed by atoms with Crippen molar-refractivity contribution >= 4 is 17.2 Å². The summed E-state index contributed by atoms with van der Waals surface area (Å²) in [5, 5.41) is 11.8. The molecule has 0 aromatic carbocycles. The van der Waals surface area contributed by atoms with Gasteiger partial charge in [0.25, 0.3) is 0 Å². The van der Waals surface area contributed by atoms with Crippen molar-refractivity contribution < 1.29 is 5.21 Å². The van der Waals surface area contributed by atoms with E-state index in [1.54, 1.807) is 11.3 Å². The summed E-state index contributed by atoms with van der Waals surface area (Å²) in [6.45, 7) is 2.86. The minimum Gasteiger partial charge on any atom is -0.409 e. The Balaban J connectivity index is 1.92. The average molecular weight is 240 g/mol. The summed E-state index contributed by atoms with van der Waals surface area (Å²) in [5.74, 6) is 0.542. The number of nitrogens with zero attached hydrogens (tertiary/aromatic N) is 3. The predicted molar refractivity (Wildman–Crippen MR) is 63.5 cm³/mol. The van der Waals surface area contributed by atoms with Crippen LogP contribution in [-0.4, -0.2) is 34.0 Å². The smallest absolute Gasteiger partial charge is 0.143 e. The van der Waals surface area contributed by atoms with Gasteiger partial charge in [-0.25, -0.2) is 0 Å². The third-order valence-corrected chi connectivity index (χ3v) is 3.67. The van der Waals surface area contributed by atoms with Gasteiger partial charge in [0.2, 0.25) is 0 Å². The highest BCUT2D eigenvalue weighted by Crippen LogP contribution is 2.19. The zero-order valence-electron chi connectivity index (χ0n) is 9.04. The highest BCUT2D eigenvalue weighted by Gasteiger charge is 2.23. The van der Waals surface area contributed by atoms with Gasteiger partial charge >= 0.3 is 0 Å². The van der Waals surface area contributed by atoms with Crippen molar-refractivity contribution in [2.45, 2.75) is 19.4 Å². The molecule has 1 aromatic heterocycles. The number of aromatic nitrogens is 1. The molecule has 0 aliphatic carbocycles. The molecule has 2 heterocycles. The van der Waals surface area contributed by atoms with E-state index >= 15 is 0 Å². The lowest BCUT2D eigenvalue weighted by molar-refractivity contribution is 0.194. The van der Waals surface area contributed by atoms with Crippen molar-refractivity contribution in [2.24, 2.45) is 16.8 Å². The molecule has 0 radical (unpaired) electrons. The summed E-state index contributed by atoms with van der Waals surface area (Å²) in [6, 6.07) is 0. The summed E-state index contributed by atoms with van der Waals surface area (Å²) >= 11 is 1.67. The highest BCUT2D eigenvalue weighted by molar-refractivity contribution is 7.09. The molecule has 88 valence electrons. The molecule has 1 atom stereocenters. The van der Waals surface area contributed by atoms with Crippen molar-refractivity contribution in [2.75, 3.05) is 13.1 Å². The average Bonchev–Trinajstić information content (AvgIpc) is 2.81. The van der Waals surface area contributed by atoms with E-state index in [1.165, 1.54) is 4.88 Å². The molecule has 0 spiro atoms. The zero-order valence-corrected chi connectivity index (χ0v) is 9.86. The van der Waals surface area contributed by atoms with E-state index in [1.807, 2.05) is 11.7 Å². The maximum absolute atomic E-state index is 8.67. The van der Waals surface area contributed by atoms with E-state index in [4.69, 9.17) is 10.9 Å². The Kier molecular flexibility index (Phi) is 3.74. The first kappa shape index (κ1) is 11.3. The molecule has 16 heavy (non-hydrogen) atoms. The Labute approximate surface area is 98.6 Å². The van der Waals surface area contributed by atoms with Crippen LogP contribution in [0, 0.1) is 5.92 Å². The van der Waals surface area contributed by atoms with Gasteiger partial charge in [0.05, 0.1) is 5.51 Å². The molecule has 5 nitrogen and oxygen atoms in total. The number of oxime groups is 1. The van der Waals surface area contributed by atoms with Crippen molar-refractivity contribution in [3.63, 3.8) is 0 Å². The summed E-state index contributed by atoms with van der Waals surface area (Å²) in [5.41, 5.74) is 7.49. The molecule has 0 saturated carbocycles. The van der Waals surface area contributed by atoms with Crippen LogP contribution in [0.1, 0.15) is 17.7 Å². The number of likely N-dealkylation sites (tertiary alicyclic amines) is 1. The summed E-state index contributed by atoms with van der Waals surface area (Å²) in [4.78, 5) is 7.66. The quantitative estimate of drug-likeness (QED) is 0.359. The van der Waals surface area contributed by atoms with Gasteiger partial charge < -0.3 is 10.9 Å². The van der Waals surface area contributed by atoms with Crippen molar-refractivity contribution in [1.29, 1.82) is 0 Å². The first-order valence-corrected chi connectivity index (χ1v) is 6.24. The van der Waals surface area contributed by atoms with Crippen molar-refractivity contribution in [3.8, 4) is 0 Å². The van der Waals surface area contributed by atoms with Crippen molar-refractivity contribution in [3.05, 3.63) is 16.6 Å². The van der Waals surface area contributed by atoms with Crippen LogP contribution >= 0.6 is 11.3 Å². The normalized spacial score (nSPS) is 23.5. The number of piperidine rings is 1. The molecule has 1 aliphatic rings. The van der Waals surface area contributed by atoms with E-state index in [2.05, 4.69) is 15.0 Å². The van der Waals surface area contributed by atoms with Gasteiger partial charge in [-0.05, 0) is 19.4 Å². The van der Waals surface area contributed by atoms with Crippen LogP contribution in [0.25, 0.3) is 0 Å². The second kappa shape index (κ2) is 5.27. The Morgan fingerprint density at radius 1 is 1.75 bits per heavy atom. The standard InChI is InChI=1S/C10H16N4OS/c11-10(13-15)8-2-1-3-14(5-8)6-9-4-12-7-16-9/h4,7-8,15H,1-3,5-6H2,(H2,11,13). The van der Waals surface area contributed by atoms with Gasteiger partial charge in [0, 0.05) is 30.1 Å². The first-order chi connectivity index (χ1) is 7.79. The summed E-state index contributed by atoms with van der Waals surface area (Å²) < 4.78 is 0. The third kappa shape index (κ3) is 2.70. The summed E-state index contributed by atoms with van der Waals surface area (Å²) in [6.07, 6.45) is 4.01. The molecule has 0 bridgehead atoms. The maximum atomic E-state index is 8.67. The monoisotopic (exact) mass is 240 g/mol. The second-order valence-corrected chi connectivity index (χ2v) is 5.04. The van der Waals surface area contributed by atoms with Gasteiger partial charge in [-0.1, -0.05) is 5.16 Å². The molecule has 1 saturated heterocycles. The molecule has 1 fully saturated rings. The van der Waals surface area contributed by atoms with Crippen LogP contribution in [0.3, 0.4) is 0 Å². The van der Waals surface area contributed by atoms with Crippen LogP contribution in [0.5, 0.6) is 0 Å². The SMILES string of the molecule is NC(=NO)C1CCCN(Cc2cncs2)C1. The van der Waals surface area contributed by atoms with E-state index < -0.39 is 0 Å². The predicted octanol–water partition coefficient (Wildman–Crippen LogP) is 1.10. The van der Waals surface area contributed by atoms with E-state index in [-0.39, 0.29) is 5.92 Å². The van der Waals surface area contributed by atoms with Crippen LogP contribution in [0.15, 0.2) is 16.9 Å². The van der Waals surface area contributed by atoms with Crippen LogP contribution in [0.4, 0.5) is 0 Å². The van der Waals surface area contributed by atoms with Crippen LogP contribution in [-0.2, 0) is 6.54 Å². The number of amidine groups is 1.